The van der Waals surface area contributed by atoms with Crippen LogP contribution in [0.2, 0.25) is 0 Å². The lowest BCUT2D eigenvalue weighted by Crippen LogP contribution is -1.98. The maximum Gasteiger partial charge on any atom is 0.142 e. The number of aryl methyl sites for hydroxylation is 2. The Bertz CT molecular complexity index is 331. The Balaban J connectivity index is 2.66. The normalized spacial score (nSPS) is 10.2. The van der Waals surface area contributed by atoms with E-state index in [9.17, 15) is 4.79 Å². The summed E-state index contributed by atoms with van der Waals surface area (Å²) in [7, 11) is 0. The van der Waals surface area contributed by atoms with E-state index < -0.39 is 0 Å². The van der Waals surface area contributed by atoms with Crippen molar-refractivity contribution in [1.82, 2.24) is 0 Å². The average Bonchev–Trinajstić information content (AvgIpc) is 2.19. The largest absolute Gasteiger partial charge is 0.299 e. The molecule has 0 unspecified atom stereocenters. The van der Waals surface area contributed by atoms with Crippen molar-refractivity contribution in [1.29, 1.82) is 0 Å². The number of ketones is 1. The van der Waals surface area contributed by atoms with Crippen LogP contribution in [0.4, 0.5) is 0 Å². The fourth-order valence-corrected chi connectivity index (χ4v) is 2.21. The Morgan fingerprint density at radius 3 is 2.71 bits per heavy atom. The third kappa shape index (κ3) is 3.18. The van der Waals surface area contributed by atoms with Gasteiger partial charge in [0.2, 0.25) is 0 Å². The zero-order valence-electron chi connectivity index (χ0n) is 8.96. The maximum absolute atomic E-state index is 11.2. The van der Waals surface area contributed by atoms with Gasteiger partial charge in [-0.1, -0.05) is 24.6 Å². The molecule has 0 bridgehead atoms. The van der Waals surface area contributed by atoms with Crippen molar-refractivity contribution >= 4 is 17.5 Å². The van der Waals surface area contributed by atoms with E-state index in [0.29, 0.717) is 18.0 Å². The SMILES string of the molecule is CCC(=O)CSc1cc(C)ccc1C. The average molecular weight is 208 g/mol. The van der Waals surface area contributed by atoms with Gasteiger partial charge in [-0.3, -0.25) is 4.79 Å². The van der Waals surface area contributed by atoms with E-state index >= 15 is 0 Å². The Kier molecular flexibility index (Phi) is 4.21. The second-order valence-corrected chi connectivity index (χ2v) is 4.47. The van der Waals surface area contributed by atoms with Crippen LogP contribution < -0.4 is 0 Å². The lowest BCUT2D eigenvalue weighted by molar-refractivity contribution is -0.116. The van der Waals surface area contributed by atoms with Gasteiger partial charge < -0.3 is 0 Å². The van der Waals surface area contributed by atoms with Crippen LogP contribution >= 0.6 is 11.8 Å². The highest BCUT2D eigenvalue weighted by molar-refractivity contribution is 8.00. The molecule has 0 aliphatic rings. The van der Waals surface area contributed by atoms with Crippen molar-refractivity contribution in [3.63, 3.8) is 0 Å². The quantitative estimate of drug-likeness (QED) is 0.706. The van der Waals surface area contributed by atoms with Crippen LogP contribution in [0.15, 0.2) is 23.1 Å². The van der Waals surface area contributed by atoms with Crippen molar-refractivity contribution in [3.8, 4) is 0 Å². The topological polar surface area (TPSA) is 17.1 Å². The van der Waals surface area contributed by atoms with Gasteiger partial charge in [-0.2, -0.15) is 0 Å². The monoisotopic (exact) mass is 208 g/mol. The van der Waals surface area contributed by atoms with Crippen molar-refractivity contribution < 1.29 is 4.79 Å². The van der Waals surface area contributed by atoms with Gasteiger partial charge in [0, 0.05) is 11.3 Å². The minimum Gasteiger partial charge on any atom is -0.299 e. The van der Waals surface area contributed by atoms with Gasteiger partial charge in [-0.05, 0) is 25.5 Å². The van der Waals surface area contributed by atoms with E-state index in [0.717, 1.165) is 0 Å². The molecule has 0 atom stereocenters. The molecule has 1 aromatic carbocycles. The van der Waals surface area contributed by atoms with E-state index in [1.807, 2.05) is 6.92 Å². The van der Waals surface area contributed by atoms with Gasteiger partial charge in [0.1, 0.15) is 5.78 Å². The number of hydrogen-bond acceptors (Lipinski definition) is 2. The Morgan fingerprint density at radius 1 is 1.36 bits per heavy atom. The standard InChI is InChI=1S/C12H16OS/c1-4-11(13)8-14-12-7-9(2)5-6-10(12)3/h5-7H,4,8H2,1-3H3. The van der Waals surface area contributed by atoms with Gasteiger partial charge in [0.15, 0.2) is 0 Å². The number of carbonyl (C=O) groups is 1. The van der Waals surface area contributed by atoms with Crippen molar-refractivity contribution in [2.75, 3.05) is 5.75 Å². The molecule has 0 amide bonds. The first-order valence-electron chi connectivity index (χ1n) is 4.85. The molecule has 1 nitrogen and oxygen atoms in total. The lowest BCUT2D eigenvalue weighted by atomic mass is 10.2. The molecule has 0 aliphatic carbocycles. The summed E-state index contributed by atoms with van der Waals surface area (Å²) in [6.07, 6.45) is 0.637. The molecule has 0 saturated heterocycles. The van der Waals surface area contributed by atoms with Gasteiger partial charge in [-0.25, -0.2) is 0 Å². The van der Waals surface area contributed by atoms with E-state index in [4.69, 9.17) is 0 Å². The zero-order valence-corrected chi connectivity index (χ0v) is 9.78. The summed E-state index contributed by atoms with van der Waals surface area (Å²) in [5, 5.41) is 0. The molecule has 76 valence electrons. The lowest BCUT2D eigenvalue weighted by Gasteiger charge is -2.05. The molecule has 0 radical (unpaired) electrons. The van der Waals surface area contributed by atoms with E-state index in [1.54, 1.807) is 11.8 Å². The molecule has 2 heteroatoms. The Hall–Kier alpha value is -0.760. The third-order valence-electron chi connectivity index (χ3n) is 2.13. The minimum absolute atomic E-state index is 0.316. The summed E-state index contributed by atoms with van der Waals surface area (Å²) in [6, 6.07) is 6.35. The van der Waals surface area contributed by atoms with Crippen LogP contribution in [0.3, 0.4) is 0 Å². The molecule has 0 fully saturated rings. The minimum atomic E-state index is 0.316. The van der Waals surface area contributed by atoms with Crippen molar-refractivity contribution in [3.05, 3.63) is 29.3 Å². The number of benzene rings is 1. The van der Waals surface area contributed by atoms with Crippen molar-refractivity contribution in [2.24, 2.45) is 0 Å². The zero-order chi connectivity index (χ0) is 10.6. The fraction of sp³-hybridized carbons (Fsp3) is 0.417. The number of rotatable bonds is 4. The Morgan fingerprint density at radius 2 is 2.07 bits per heavy atom. The van der Waals surface area contributed by atoms with E-state index in [-0.39, 0.29) is 0 Å². The highest BCUT2D eigenvalue weighted by atomic mass is 32.2. The molecule has 14 heavy (non-hydrogen) atoms. The number of carbonyl (C=O) groups excluding carboxylic acids is 1. The number of hydrogen-bond donors (Lipinski definition) is 0. The van der Waals surface area contributed by atoms with Crippen LogP contribution in [-0.2, 0) is 4.79 Å². The second-order valence-electron chi connectivity index (χ2n) is 3.45. The second kappa shape index (κ2) is 5.20. The molecule has 0 heterocycles. The van der Waals surface area contributed by atoms with Crippen LogP contribution in [0.1, 0.15) is 24.5 Å². The summed E-state index contributed by atoms with van der Waals surface area (Å²) in [6.45, 7) is 6.06. The molecule has 0 aliphatic heterocycles. The van der Waals surface area contributed by atoms with Crippen molar-refractivity contribution in [2.45, 2.75) is 32.1 Å². The first-order valence-corrected chi connectivity index (χ1v) is 5.83. The van der Waals surface area contributed by atoms with E-state index in [2.05, 4.69) is 32.0 Å². The van der Waals surface area contributed by atoms with Crippen LogP contribution in [0, 0.1) is 13.8 Å². The fourth-order valence-electron chi connectivity index (χ4n) is 1.12. The van der Waals surface area contributed by atoms with E-state index in [1.165, 1.54) is 16.0 Å². The predicted octanol–water partition coefficient (Wildman–Crippen LogP) is 3.37. The smallest absolute Gasteiger partial charge is 0.142 e. The summed E-state index contributed by atoms with van der Waals surface area (Å²) in [5.41, 5.74) is 2.51. The highest BCUT2D eigenvalue weighted by Crippen LogP contribution is 2.23. The molecule has 1 rings (SSSR count). The maximum atomic E-state index is 11.2. The van der Waals surface area contributed by atoms with Gasteiger partial charge in [0.05, 0.1) is 5.75 Å². The molecule has 0 saturated carbocycles. The molecule has 0 spiro atoms. The molecular formula is C12H16OS. The summed E-state index contributed by atoms with van der Waals surface area (Å²) < 4.78 is 0. The predicted molar refractivity (Wildman–Crippen MR) is 61.9 cm³/mol. The van der Waals surface area contributed by atoms with Crippen LogP contribution in [-0.4, -0.2) is 11.5 Å². The Labute approximate surface area is 89.9 Å². The van der Waals surface area contributed by atoms with Crippen LogP contribution in [0.25, 0.3) is 0 Å². The highest BCUT2D eigenvalue weighted by Gasteiger charge is 2.03. The van der Waals surface area contributed by atoms with Gasteiger partial charge in [0.25, 0.3) is 0 Å². The summed E-state index contributed by atoms with van der Waals surface area (Å²) in [4.78, 5) is 12.4. The van der Waals surface area contributed by atoms with Crippen LogP contribution in [0.5, 0.6) is 0 Å². The number of thioether (sulfide) groups is 1. The molecule has 0 aromatic heterocycles. The molecular weight excluding hydrogens is 192 g/mol. The first kappa shape index (κ1) is 11.3. The molecule has 0 N–H and O–H groups in total. The third-order valence-corrected chi connectivity index (χ3v) is 3.34. The van der Waals surface area contributed by atoms with Gasteiger partial charge >= 0.3 is 0 Å². The first-order chi connectivity index (χ1) is 6.63. The summed E-state index contributed by atoms with van der Waals surface area (Å²) >= 11 is 1.64. The molecule has 1 aromatic rings. The number of Topliss-reactive ketones (excluding diaryl/α,β-unsaturated/α-hetero) is 1. The van der Waals surface area contributed by atoms with Gasteiger partial charge in [-0.15, -0.1) is 11.8 Å². The summed E-state index contributed by atoms with van der Waals surface area (Å²) in [5.74, 6) is 0.914.